The molecule has 0 amide bonds. The quantitative estimate of drug-likeness (QED) is 0.601. The lowest BCUT2D eigenvalue weighted by molar-refractivity contribution is 0.331. The topological polar surface area (TPSA) is 0 Å². The lowest BCUT2D eigenvalue weighted by atomic mass is 9.63. The Balaban J connectivity index is 2.60. The summed E-state index contributed by atoms with van der Waals surface area (Å²) in [5.74, 6) is 0. The summed E-state index contributed by atoms with van der Waals surface area (Å²) < 4.78 is 0. The number of halogens is 1. The van der Waals surface area contributed by atoms with Gasteiger partial charge in [-0.15, -0.1) is 0 Å². The molecule has 0 nitrogen and oxygen atoms in total. The van der Waals surface area contributed by atoms with E-state index in [2.05, 4.69) is 68.7 Å². The molecule has 1 atom stereocenters. The third kappa shape index (κ3) is 2.31. The van der Waals surface area contributed by atoms with E-state index in [1.807, 2.05) is 0 Å². The Morgan fingerprint density at radius 2 is 1.53 bits per heavy atom. The number of rotatable bonds is 1. The van der Waals surface area contributed by atoms with Gasteiger partial charge < -0.3 is 0 Å². The van der Waals surface area contributed by atoms with Crippen molar-refractivity contribution in [1.29, 1.82) is 0 Å². The molecule has 1 aliphatic rings. The lowest BCUT2D eigenvalue weighted by Gasteiger charge is -2.42. The Morgan fingerprint density at radius 1 is 1.00 bits per heavy atom. The fourth-order valence-corrected chi connectivity index (χ4v) is 3.14. The minimum absolute atomic E-state index is 0.322. The van der Waals surface area contributed by atoms with Gasteiger partial charge in [0, 0.05) is 4.83 Å². The second-order valence-corrected chi connectivity index (χ2v) is 8.06. The maximum absolute atomic E-state index is 3.68. The second-order valence-electron chi connectivity index (χ2n) is 6.69. The summed E-state index contributed by atoms with van der Waals surface area (Å²) in [4.78, 5) is 0.439. The SMILES string of the molecule is CC(Br)c1ccc2c(c1)C(C)(C)CCC2(C)C. The summed E-state index contributed by atoms with van der Waals surface area (Å²) in [6, 6.07) is 7.04. The van der Waals surface area contributed by atoms with E-state index in [0.29, 0.717) is 15.7 Å². The molecule has 0 spiro atoms. The maximum Gasteiger partial charge on any atom is 0.0367 e. The third-order valence-corrected chi connectivity index (χ3v) is 4.86. The fraction of sp³-hybridized carbons (Fsp3) is 0.625. The molecule has 2 rings (SSSR count). The van der Waals surface area contributed by atoms with Gasteiger partial charge in [-0.2, -0.15) is 0 Å². The highest BCUT2D eigenvalue weighted by Gasteiger charge is 2.36. The van der Waals surface area contributed by atoms with Crippen LogP contribution in [0.25, 0.3) is 0 Å². The van der Waals surface area contributed by atoms with Crippen LogP contribution in [-0.2, 0) is 10.8 Å². The number of alkyl halides is 1. The second kappa shape index (κ2) is 4.12. The maximum atomic E-state index is 3.68. The minimum atomic E-state index is 0.322. The van der Waals surface area contributed by atoms with Crippen LogP contribution >= 0.6 is 15.9 Å². The predicted octanol–water partition coefficient (Wildman–Crippen LogP) is 5.49. The van der Waals surface area contributed by atoms with Crippen LogP contribution in [-0.4, -0.2) is 0 Å². The van der Waals surface area contributed by atoms with Gasteiger partial charge in [0.25, 0.3) is 0 Å². The number of benzene rings is 1. The molecule has 0 aliphatic heterocycles. The number of fused-ring (bicyclic) bond motifs is 1. The molecule has 1 aromatic carbocycles. The van der Waals surface area contributed by atoms with Crippen LogP contribution in [0.3, 0.4) is 0 Å². The summed E-state index contributed by atoms with van der Waals surface area (Å²) in [7, 11) is 0. The van der Waals surface area contributed by atoms with Gasteiger partial charge in [0.2, 0.25) is 0 Å². The molecule has 0 N–H and O–H groups in total. The molecule has 1 heteroatoms. The van der Waals surface area contributed by atoms with E-state index in [0.717, 1.165) is 0 Å². The van der Waals surface area contributed by atoms with Gasteiger partial charge >= 0.3 is 0 Å². The first-order chi connectivity index (χ1) is 7.74. The van der Waals surface area contributed by atoms with Crippen LogP contribution in [0.4, 0.5) is 0 Å². The van der Waals surface area contributed by atoms with Crippen LogP contribution in [0.2, 0.25) is 0 Å². The predicted molar refractivity (Wildman–Crippen MR) is 79.1 cm³/mol. The minimum Gasteiger partial charge on any atom is -0.0842 e. The molecule has 0 radical (unpaired) electrons. The van der Waals surface area contributed by atoms with E-state index in [1.54, 1.807) is 11.1 Å². The van der Waals surface area contributed by atoms with Crippen LogP contribution in [0.15, 0.2) is 18.2 Å². The Hall–Kier alpha value is -0.300. The molecule has 0 fully saturated rings. The molecule has 1 unspecified atom stereocenters. The van der Waals surface area contributed by atoms with Gasteiger partial charge in [0.05, 0.1) is 0 Å². The van der Waals surface area contributed by atoms with E-state index < -0.39 is 0 Å². The summed E-state index contributed by atoms with van der Waals surface area (Å²) in [5.41, 5.74) is 5.15. The summed E-state index contributed by atoms with van der Waals surface area (Å²) in [6.07, 6.45) is 2.57. The zero-order valence-electron chi connectivity index (χ0n) is 11.6. The molecule has 0 saturated carbocycles. The highest BCUT2D eigenvalue weighted by molar-refractivity contribution is 9.09. The fourth-order valence-electron chi connectivity index (χ4n) is 2.85. The number of hydrogen-bond acceptors (Lipinski definition) is 0. The highest BCUT2D eigenvalue weighted by Crippen LogP contribution is 2.46. The van der Waals surface area contributed by atoms with Gasteiger partial charge in [-0.25, -0.2) is 0 Å². The van der Waals surface area contributed by atoms with Crippen LogP contribution in [0, 0.1) is 0 Å². The smallest absolute Gasteiger partial charge is 0.0367 e. The average Bonchev–Trinajstić information content (AvgIpc) is 2.24. The van der Waals surface area contributed by atoms with Crippen molar-refractivity contribution in [2.24, 2.45) is 0 Å². The van der Waals surface area contributed by atoms with Crippen LogP contribution < -0.4 is 0 Å². The van der Waals surface area contributed by atoms with Gasteiger partial charge in [0.1, 0.15) is 0 Å². The summed E-state index contributed by atoms with van der Waals surface area (Å²) in [5, 5.41) is 0. The Kier molecular flexibility index (Phi) is 3.18. The lowest BCUT2D eigenvalue weighted by Crippen LogP contribution is -2.33. The molecule has 0 saturated heterocycles. The van der Waals surface area contributed by atoms with E-state index in [9.17, 15) is 0 Å². The molecular formula is C16H23Br. The highest BCUT2D eigenvalue weighted by atomic mass is 79.9. The average molecular weight is 295 g/mol. The van der Waals surface area contributed by atoms with Crippen molar-refractivity contribution in [1.82, 2.24) is 0 Å². The molecule has 17 heavy (non-hydrogen) atoms. The zero-order chi connectivity index (χ0) is 12.8. The van der Waals surface area contributed by atoms with Gasteiger partial charge in [0.15, 0.2) is 0 Å². The van der Waals surface area contributed by atoms with Gasteiger partial charge in [-0.1, -0.05) is 61.8 Å². The van der Waals surface area contributed by atoms with Crippen molar-refractivity contribution in [2.75, 3.05) is 0 Å². The normalized spacial score (nSPS) is 22.9. The Labute approximate surface area is 114 Å². The van der Waals surface area contributed by atoms with E-state index in [4.69, 9.17) is 0 Å². The third-order valence-electron chi connectivity index (χ3n) is 4.34. The molecule has 1 aromatic rings. The summed E-state index contributed by atoms with van der Waals surface area (Å²) >= 11 is 3.68. The van der Waals surface area contributed by atoms with Crippen molar-refractivity contribution in [2.45, 2.75) is 63.1 Å². The molecule has 0 bridgehead atoms. The first-order valence-electron chi connectivity index (χ1n) is 6.53. The molecule has 1 aliphatic carbocycles. The van der Waals surface area contributed by atoms with Crippen molar-refractivity contribution in [3.05, 3.63) is 34.9 Å². The van der Waals surface area contributed by atoms with Crippen molar-refractivity contribution in [3.8, 4) is 0 Å². The molecule has 94 valence electrons. The molecule has 0 aromatic heterocycles. The van der Waals surface area contributed by atoms with Gasteiger partial charge in [-0.3, -0.25) is 0 Å². The van der Waals surface area contributed by atoms with Crippen molar-refractivity contribution >= 4 is 15.9 Å². The monoisotopic (exact) mass is 294 g/mol. The molecule has 0 heterocycles. The Morgan fingerprint density at radius 3 is 2.06 bits per heavy atom. The zero-order valence-corrected chi connectivity index (χ0v) is 13.2. The standard InChI is InChI=1S/C16H23Br/c1-11(17)12-6-7-13-14(10-12)16(4,5)9-8-15(13,2)3/h6-7,10-11H,8-9H2,1-5H3. The van der Waals surface area contributed by atoms with Crippen molar-refractivity contribution in [3.63, 3.8) is 0 Å². The molecular weight excluding hydrogens is 272 g/mol. The first-order valence-corrected chi connectivity index (χ1v) is 7.45. The van der Waals surface area contributed by atoms with E-state index >= 15 is 0 Å². The van der Waals surface area contributed by atoms with Crippen LogP contribution in [0.5, 0.6) is 0 Å². The first kappa shape index (κ1) is 13.1. The van der Waals surface area contributed by atoms with E-state index in [-0.39, 0.29) is 0 Å². The van der Waals surface area contributed by atoms with Crippen molar-refractivity contribution < 1.29 is 0 Å². The summed E-state index contributed by atoms with van der Waals surface area (Å²) in [6.45, 7) is 11.7. The number of hydrogen-bond donors (Lipinski definition) is 0. The van der Waals surface area contributed by atoms with Crippen LogP contribution in [0.1, 0.15) is 69.0 Å². The van der Waals surface area contributed by atoms with Gasteiger partial charge in [-0.05, 0) is 47.3 Å². The van der Waals surface area contributed by atoms with E-state index in [1.165, 1.54) is 18.4 Å². The largest absolute Gasteiger partial charge is 0.0842 e. The Bertz CT molecular complexity index is 427.